The first-order valence-corrected chi connectivity index (χ1v) is 14.5. The smallest absolute Gasteiger partial charge is 0.188 e. The Balaban J connectivity index is 2.82. The van der Waals surface area contributed by atoms with Gasteiger partial charge in [-0.2, -0.15) is 0 Å². The van der Waals surface area contributed by atoms with Crippen molar-refractivity contribution in [2.24, 2.45) is 0 Å². The third-order valence-corrected chi connectivity index (χ3v) is 8.70. The van der Waals surface area contributed by atoms with Crippen LogP contribution in [0.25, 0.3) is 0 Å². The molecule has 0 spiro atoms. The molecule has 202 valence electrons. The minimum atomic E-state index is -0.0463. The maximum Gasteiger partial charge on any atom is 0.188 e. The van der Waals surface area contributed by atoms with E-state index in [0.29, 0.717) is 8.58 Å². The molecule has 0 bridgehead atoms. The van der Waals surface area contributed by atoms with Crippen LogP contribution in [-0.4, -0.2) is 32.9 Å². The van der Waals surface area contributed by atoms with Crippen molar-refractivity contribution in [2.45, 2.75) is 104 Å². The van der Waals surface area contributed by atoms with Gasteiger partial charge in [0.25, 0.3) is 0 Å². The van der Waals surface area contributed by atoms with Crippen molar-refractivity contribution in [1.82, 2.24) is 4.90 Å². The van der Waals surface area contributed by atoms with Crippen LogP contribution in [0.1, 0.15) is 103 Å². The van der Waals surface area contributed by atoms with Crippen LogP contribution < -0.4 is 10.0 Å². The van der Waals surface area contributed by atoms with Gasteiger partial charge in [0, 0.05) is 29.9 Å². The Labute approximate surface area is 224 Å². The second-order valence-electron chi connectivity index (χ2n) is 12.8. The number of ether oxygens (including phenoxy) is 2. The van der Waals surface area contributed by atoms with Crippen LogP contribution in [0.2, 0.25) is 0 Å². The van der Waals surface area contributed by atoms with Crippen LogP contribution >= 0.6 is 8.58 Å². The third-order valence-electron chi connectivity index (χ3n) is 6.87. The molecule has 0 aliphatic heterocycles. The zero-order chi connectivity index (χ0) is 27.1. The molecule has 4 heteroatoms. The fraction of sp³-hybridized carbons (Fsp3) is 0.625. The number of methoxy groups -OCH3 is 1. The zero-order valence-corrected chi connectivity index (χ0v) is 26.0. The maximum atomic E-state index is 6.47. The Bertz CT molecular complexity index is 971. The summed E-state index contributed by atoms with van der Waals surface area (Å²) in [6.07, 6.45) is 4.82. The number of hydrogen-bond acceptors (Lipinski definition) is 3. The lowest BCUT2D eigenvalue weighted by molar-refractivity contribution is 0.0486. The molecule has 0 aliphatic rings. The molecule has 2 atom stereocenters. The molecule has 0 aromatic heterocycles. The topological polar surface area (TPSA) is 21.7 Å². The van der Waals surface area contributed by atoms with E-state index in [1.807, 2.05) is 0 Å². The van der Waals surface area contributed by atoms with Crippen molar-refractivity contribution in [3.8, 4) is 5.75 Å². The average molecular weight is 514 g/mol. The van der Waals surface area contributed by atoms with Crippen molar-refractivity contribution in [3.05, 3.63) is 58.7 Å². The monoisotopic (exact) mass is 513 g/mol. The Morgan fingerprint density at radius 1 is 0.861 bits per heavy atom. The fourth-order valence-electron chi connectivity index (χ4n) is 4.71. The van der Waals surface area contributed by atoms with Gasteiger partial charge < -0.3 is 14.4 Å². The van der Waals surface area contributed by atoms with E-state index in [1.54, 1.807) is 7.11 Å². The van der Waals surface area contributed by atoms with Gasteiger partial charge in [-0.25, -0.2) is 0 Å². The predicted molar refractivity (Wildman–Crippen MR) is 160 cm³/mol. The van der Waals surface area contributed by atoms with Gasteiger partial charge in [0.05, 0.1) is 0 Å². The van der Waals surface area contributed by atoms with Crippen LogP contribution in [0.5, 0.6) is 5.75 Å². The molecule has 2 aromatic carbocycles. The molecule has 0 N–H and O–H groups in total. The normalized spacial score (nSPS) is 14.6. The largest absolute Gasteiger partial charge is 0.467 e. The average Bonchev–Trinajstić information content (AvgIpc) is 2.77. The third kappa shape index (κ3) is 8.30. The second kappa shape index (κ2) is 12.9. The Kier molecular flexibility index (Phi) is 11.0. The highest BCUT2D eigenvalue weighted by molar-refractivity contribution is 7.48. The Hall–Kier alpha value is -1.41. The minimum absolute atomic E-state index is 0.0398. The van der Waals surface area contributed by atoms with E-state index >= 15 is 0 Å². The molecular weight excluding hydrogens is 461 g/mol. The molecule has 0 saturated heterocycles. The van der Waals surface area contributed by atoms with Gasteiger partial charge in [0.1, 0.15) is 5.75 Å². The first-order chi connectivity index (χ1) is 16.7. The lowest BCUT2D eigenvalue weighted by Crippen LogP contribution is -2.27. The van der Waals surface area contributed by atoms with E-state index in [9.17, 15) is 0 Å². The zero-order valence-electron chi connectivity index (χ0n) is 25.0. The molecule has 0 fully saturated rings. The summed E-state index contributed by atoms with van der Waals surface area (Å²) in [7, 11) is 6.66. The van der Waals surface area contributed by atoms with E-state index in [0.717, 1.165) is 18.7 Å². The van der Waals surface area contributed by atoms with Gasteiger partial charge in [-0.05, 0) is 47.8 Å². The SMILES string of the molecule is CCCCCC(C)(Pc1ccccc1CN(C)C)c1cc(C(C)(C)C)cc(C(C)(C)C)c1OCOC. The van der Waals surface area contributed by atoms with E-state index < -0.39 is 0 Å². The second-order valence-corrected chi connectivity index (χ2v) is 14.7. The summed E-state index contributed by atoms with van der Waals surface area (Å²) in [6, 6.07) is 13.8. The van der Waals surface area contributed by atoms with Crippen LogP contribution in [0.3, 0.4) is 0 Å². The standard InChI is InChI=1S/C32H52NO2P/c1-12-13-16-19-32(8,36-28-18-15-14-17-24(28)22-33(9)10)27-21-25(30(2,3)4)20-26(31(5,6)7)29(27)35-23-34-11/h14-15,17-18,20-21,36H,12-13,16,19,22-23H2,1-11H3. The van der Waals surface area contributed by atoms with E-state index in [2.05, 4.69) is 111 Å². The Morgan fingerprint density at radius 2 is 1.50 bits per heavy atom. The van der Waals surface area contributed by atoms with Crippen molar-refractivity contribution in [3.63, 3.8) is 0 Å². The van der Waals surface area contributed by atoms with Gasteiger partial charge in [0.2, 0.25) is 0 Å². The van der Waals surface area contributed by atoms with Crippen LogP contribution in [0, 0.1) is 0 Å². The summed E-state index contributed by atoms with van der Waals surface area (Å²) in [5.74, 6) is 1.02. The van der Waals surface area contributed by atoms with Crippen LogP contribution in [-0.2, 0) is 27.3 Å². The van der Waals surface area contributed by atoms with Crippen molar-refractivity contribution in [2.75, 3.05) is 28.0 Å². The molecule has 36 heavy (non-hydrogen) atoms. The molecule has 0 aliphatic carbocycles. The number of benzene rings is 2. The first-order valence-electron chi connectivity index (χ1n) is 13.5. The van der Waals surface area contributed by atoms with Crippen LogP contribution in [0.4, 0.5) is 0 Å². The molecule has 0 saturated carbocycles. The fourth-order valence-corrected chi connectivity index (χ4v) is 6.43. The van der Waals surface area contributed by atoms with Crippen molar-refractivity contribution >= 4 is 13.9 Å². The molecule has 0 heterocycles. The van der Waals surface area contributed by atoms with Gasteiger partial charge in [-0.3, -0.25) is 0 Å². The summed E-state index contributed by atoms with van der Waals surface area (Å²) < 4.78 is 11.9. The first kappa shape index (κ1) is 30.8. The number of nitrogens with zero attached hydrogens (tertiary/aromatic N) is 1. The lowest BCUT2D eigenvalue weighted by Gasteiger charge is -2.37. The number of unbranched alkanes of at least 4 members (excludes halogenated alkanes) is 2. The highest BCUT2D eigenvalue weighted by Crippen LogP contribution is 2.52. The summed E-state index contributed by atoms with van der Waals surface area (Å²) >= 11 is 0. The molecule has 0 amide bonds. The number of rotatable bonds is 12. The summed E-state index contributed by atoms with van der Waals surface area (Å²) in [5, 5.41) is 1.42. The maximum absolute atomic E-state index is 6.47. The Morgan fingerprint density at radius 3 is 2.06 bits per heavy atom. The summed E-state index contributed by atoms with van der Waals surface area (Å²) in [5.41, 5.74) is 5.41. The summed E-state index contributed by atoms with van der Waals surface area (Å²) in [6.45, 7) is 19.8. The molecule has 2 unspecified atom stereocenters. The van der Waals surface area contributed by atoms with Crippen molar-refractivity contribution in [1.29, 1.82) is 0 Å². The minimum Gasteiger partial charge on any atom is -0.467 e. The van der Waals surface area contributed by atoms with Crippen molar-refractivity contribution < 1.29 is 9.47 Å². The van der Waals surface area contributed by atoms with E-state index in [1.165, 1.54) is 46.8 Å². The summed E-state index contributed by atoms with van der Waals surface area (Å²) in [4.78, 5) is 2.27. The van der Waals surface area contributed by atoms with Gasteiger partial charge in [-0.1, -0.05) is 120 Å². The van der Waals surface area contributed by atoms with E-state index in [-0.39, 0.29) is 22.8 Å². The van der Waals surface area contributed by atoms with Crippen LogP contribution in [0.15, 0.2) is 36.4 Å². The predicted octanol–water partition coefficient (Wildman–Crippen LogP) is 8.13. The van der Waals surface area contributed by atoms with Gasteiger partial charge >= 0.3 is 0 Å². The quantitative estimate of drug-likeness (QED) is 0.162. The molecule has 2 aromatic rings. The molecule has 0 radical (unpaired) electrons. The molecule has 2 rings (SSSR count). The number of hydrogen-bond donors (Lipinski definition) is 0. The molecular formula is C32H52NO2P. The molecule has 3 nitrogen and oxygen atoms in total. The highest BCUT2D eigenvalue weighted by atomic mass is 31.1. The van der Waals surface area contributed by atoms with Gasteiger partial charge in [0.15, 0.2) is 6.79 Å². The van der Waals surface area contributed by atoms with Gasteiger partial charge in [-0.15, -0.1) is 0 Å². The highest BCUT2D eigenvalue weighted by Gasteiger charge is 2.35. The lowest BCUT2D eigenvalue weighted by atomic mass is 9.76. The van der Waals surface area contributed by atoms with E-state index in [4.69, 9.17) is 9.47 Å².